The number of rotatable bonds is 2. The van der Waals surface area contributed by atoms with E-state index in [0.29, 0.717) is 12.3 Å². The fourth-order valence-electron chi connectivity index (χ4n) is 2.60. The van der Waals surface area contributed by atoms with E-state index in [2.05, 4.69) is 6.07 Å². The highest BCUT2D eigenvalue weighted by molar-refractivity contribution is 6.05. The second kappa shape index (κ2) is 4.71. The molecule has 1 aliphatic rings. The van der Waals surface area contributed by atoms with Gasteiger partial charge in [0.15, 0.2) is 5.76 Å². The normalized spacial score (nSPS) is 13.6. The van der Waals surface area contributed by atoms with Crippen LogP contribution in [0.1, 0.15) is 34.4 Å². The molecule has 0 fully saturated rings. The van der Waals surface area contributed by atoms with Crippen molar-refractivity contribution in [3.63, 3.8) is 0 Å². The number of aryl methyl sites for hydroxylation is 2. The number of furan rings is 1. The number of hydrogen-bond acceptors (Lipinski definition) is 3. The molecule has 0 saturated heterocycles. The van der Waals surface area contributed by atoms with Gasteiger partial charge in [-0.3, -0.25) is 4.79 Å². The van der Waals surface area contributed by atoms with Crippen molar-refractivity contribution in [1.29, 1.82) is 0 Å². The zero-order chi connectivity index (χ0) is 14.3. The standard InChI is InChI=1S/C16H18N2O2/c1-3-12-4-5-15(20-12)16(19)18-7-6-11-8-10(2)13(17)9-14(11)18/h4-5,8-9H,3,6-7,17H2,1-2H3. The first-order valence-electron chi connectivity index (χ1n) is 6.89. The summed E-state index contributed by atoms with van der Waals surface area (Å²) in [5.41, 5.74) is 9.82. The Labute approximate surface area is 118 Å². The summed E-state index contributed by atoms with van der Waals surface area (Å²) in [4.78, 5) is 14.3. The fourth-order valence-corrected chi connectivity index (χ4v) is 2.60. The summed E-state index contributed by atoms with van der Waals surface area (Å²) in [5.74, 6) is 1.14. The lowest BCUT2D eigenvalue weighted by Gasteiger charge is -2.16. The molecule has 20 heavy (non-hydrogen) atoms. The van der Waals surface area contributed by atoms with Gasteiger partial charge in [0.1, 0.15) is 5.76 Å². The number of carbonyl (C=O) groups is 1. The van der Waals surface area contributed by atoms with E-state index in [1.54, 1.807) is 11.0 Å². The van der Waals surface area contributed by atoms with Gasteiger partial charge in [0.2, 0.25) is 0 Å². The third-order valence-electron chi connectivity index (χ3n) is 3.83. The zero-order valence-electron chi connectivity index (χ0n) is 11.8. The van der Waals surface area contributed by atoms with E-state index in [4.69, 9.17) is 10.2 Å². The van der Waals surface area contributed by atoms with Gasteiger partial charge in [0.05, 0.1) is 0 Å². The van der Waals surface area contributed by atoms with E-state index in [-0.39, 0.29) is 5.91 Å². The predicted octanol–water partition coefficient (Wildman–Crippen LogP) is 2.94. The molecule has 0 unspecified atom stereocenters. The Kier molecular flexibility index (Phi) is 3.01. The summed E-state index contributed by atoms with van der Waals surface area (Å²) in [6.07, 6.45) is 1.65. The molecular weight excluding hydrogens is 252 g/mol. The maximum absolute atomic E-state index is 12.5. The van der Waals surface area contributed by atoms with Crippen LogP contribution in [0.2, 0.25) is 0 Å². The van der Waals surface area contributed by atoms with Crippen LogP contribution in [0.5, 0.6) is 0 Å². The summed E-state index contributed by atoms with van der Waals surface area (Å²) in [6.45, 7) is 4.67. The fraction of sp³-hybridized carbons (Fsp3) is 0.312. The molecule has 0 radical (unpaired) electrons. The van der Waals surface area contributed by atoms with E-state index in [0.717, 1.165) is 35.5 Å². The highest BCUT2D eigenvalue weighted by Gasteiger charge is 2.28. The molecule has 0 saturated carbocycles. The highest BCUT2D eigenvalue weighted by Crippen LogP contribution is 2.33. The SMILES string of the molecule is CCc1ccc(C(=O)N2CCc3cc(C)c(N)cc32)o1. The number of fused-ring (bicyclic) bond motifs is 1. The first-order chi connectivity index (χ1) is 9.60. The van der Waals surface area contributed by atoms with Crippen LogP contribution < -0.4 is 10.6 Å². The molecule has 2 heterocycles. The molecule has 4 nitrogen and oxygen atoms in total. The van der Waals surface area contributed by atoms with Crippen LogP contribution in [-0.2, 0) is 12.8 Å². The molecular formula is C16H18N2O2. The summed E-state index contributed by atoms with van der Waals surface area (Å²) in [6, 6.07) is 7.56. The van der Waals surface area contributed by atoms with Crippen LogP contribution in [0.4, 0.5) is 11.4 Å². The third-order valence-corrected chi connectivity index (χ3v) is 3.83. The Balaban J connectivity index is 1.94. The number of anilines is 2. The molecule has 0 bridgehead atoms. The lowest BCUT2D eigenvalue weighted by Crippen LogP contribution is -2.28. The smallest absolute Gasteiger partial charge is 0.293 e. The van der Waals surface area contributed by atoms with Gasteiger partial charge in [0.25, 0.3) is 5.91 Å². The van der Waals surface area contributed by atoms with Crippen molar-refractivity contribution < 1.29 is 9.21 Å². The van der Waals surface area contributed by atoms with Crippen molar-refractivity contribution in [3.8, 4) is 0 Å². The maximum Gasteiger partial charge on any atom is 0.293 e. The lowest BCUT2D eigenvalue weighted by atomic mass is 10.1. The number of nitrogens with zero attached hydrogens (tertiary/aromatic N) is 1. The zero-order valence-corrected chi connectivity index (χ0v) is 11.8. The molecule has 0 atom stereocenters. The Hall–Kier alpha value is -2.23. The number of hydrogen-bond donors (Lipinski definition) is 1. The molecule has 1 aromatic heterocycles. The van der Waals surface area contributed by atoms with Crippen LogP contribution >= 0.6 is 0 Å². The maximum atomic E-state index is 12.5. The highest BCUT2D eigenvalue weighted by atomic mass is 16.4. The van der Waals surface area contributed by atoms with Crippen molar-refractivity contribution in [3.05, 3.63) is 46.9 Å². The molecule has 2 aromatic rings. The van der Waals surface area contributed by atoms with Gasteiger partial charge in [0, 0.05) is 24.3 Å². The van der Waals surface area contributed by atoms with Crippen molar-refractivity contribution in [2.24, 2.45) is 0 Å². The van der Waals surface area contributed by atoms with E-state index >= 15 is 0 Å². The Bertz CT molecular complexity index is 673. The van der Waals surface area contributed by atoms with E-state index in [9.17, 15) is 4.79 Å². The molecule has 1 aliphatic heterocycles. The van der Waals surface area contributed by atoms with E-state index < -0.39 is 0 Å². The van der Waals surface area contributed by atoms with Crippen molar-refractivity contribution in [2.45, 2.75) is 26.7 Å². The monoisotopic (exact) mass is 270 g/mol. The van der Waals surface area contributed by atoms with Crippen molar-refractivity contribution in [2.75, 3.05) is 17.2 Å². The summed E-state index contributed by atoms with van der Waals surface area (Å²) in [5, 5.41) is 0. The van der Waals surface area contributed by atoms with Crippen LogP contribution in [0.25, 0.3) is 0 Å². The van der Waals surface area contributed by atoms with E-state index in [1.807, 2.05) is 26.0 Å². The van der Waals surface area contributed by atoms with Crippen molar-refractivity contribution >= 4 is 17.3 Å². The predicted molar refractivity (Wildman–Crippen MR) is 79.1 cm³/mol. The largest absolute Gasteiger partial charge is 0.456 e. The second-order valence-corrected chi connectivity index (χ2v) is 5.16. The van der Waals surface area contributed by atoms with Crippen LogP contribution in [-0.4, -0.2) is 12.5 Å². The lowest BCUT2D eigenvalue weighted by molar-refractivity contribution is 0.0961. The number of nitrogens with two attached hydrogens (primary N) is 1. The molecule has 2 N–H and O–H groups in total. The Morgan fingerprint density at radius 3 is 2.90 bits per heavy atom. The molecule has 3 rings (SSSR count). The van der Waals surface area contributed by atoms with Gasteiger partial charge in [-0.15, -0.1) is 0 Å². The van der Waals surface area contributed by atoms with Crippen LogP contribution in [0.15, 0.2) is 28.7 Å². The average Bonchev–Trinajstić information content (AvgIpc) is 3.05. The average molecular weight is 270 g/mol. The third kappa shape index (κ3) is 1.97. The number of benzene rings is 1. The summed E-state index contributed by atoms with van der Waals surface area (Å²) >= 11 is 0. The summed E-state index contributed by atoms with van der Waals surface area (Å²) in [7, 11) is 0. The first-order valence-corrected chi connectivity index (χ1v) is 6.89. The van der Waals surface area contributed by atoms with Crippen LogP contribution in [0, 0.1) is 6.92 Å². The van der Waals surface area contributed by atoms with E-state index in [1.165, 1.54) is 5.56 Å². The first kappa shape index (κ1) is 12.8. The molecule has 104 valence electrons. The van der Waals surface area contributed by atoms with Gasteiger partial charge in [-0.05, 0) is 42.7 Å². The molecule has 4 heteroatoms. The minimum absolute atomic E-state index is 0.0910. The molecule has 1 aromatic carbocycles. The van der Waals surface area contributed by atoms with Gasteiger partial charge in [-0.2, -0.15) is 0 Å². The van der Waals surface area contributed by atoms with Gasteiger partial charge in [-0.25, -0.2) is 0 Å². The van der Waals surface area contributed by atoms with Gasteiger partial charge in [-0.1, -0.05) is 13.0 Å². The number of amides is 1. The van der Waals surface area contributed by atoms with Gasteiger partial charge < -0.3 is 15.1 Å². The Morgan fingerprint density at radius 2 is 2.20 bits per heavy atom. The molecule has 1 amide bonds. The minimum atomic E-state index is -0.0910. The minimum Gasteiger partial charge on any atom is -0.456 e. The molecule has 0 spiro atoms. The topological polar surface area (TPSA) is 59.5 Å². The van der Waals surface area contributed by atoms with Crippen LogP contribution in [0.3, 0.4) is 0 Å². The quantitative estimate of drug-likeness (QED) is 0.853. The van der Waals surface area contributed by atoms with Crippen molar-refractivity contribution in [1.82, 2.24) is 0 Å². The van der Waals surface area contributed by atoms with Gasteiger partial charge >= 0.3 is 0 Å². The number of carbonyl (C=O) groups excluding carboxylic acids is 1. The second-order valence-electron chi connectivity index (χ2n) is 5.16. The Morgan fingerprint density at radius 1 is 1.40 bits per heavy atom. The summed E-state index contributed by atoms with van der Waals surface area (Å²) < 4.78 is 5.55. The number of nitrogen functional groups attached to an aromatic ring is 1. The molecule has 0 aliphatic carbocycles.